The SMILES string of the molecule is COC(=O)c1cccc(NC(=O)Cn2ncc3c(c2=O)N(C2CC2)C(=O)CS3)c1. The Bertz CT molecular complexity index is 1060. The molecule has 9 nitrogen and oxygen atoms in total. The molecule has 2 heterocycles. The lowest BCUT2D eigenvalue weighted by atomic mass is 10.2. The van der Waals surface area contributed by atoms with E-state index in [1.165, 1.54) is 31.1 Å². The molecule has 1 aliphatic carbocycles. The molecule has 1 N–H and O–H groups in total. The maximum Gasteiger partial charge on any atom is 0.337 e. The maximum atomic E-state index is 12.9. The predicted molar refractivity (Wildman–Crippen MR) is 106 cm³/mol. The van der Waals surface area contributed by atoms with Gasteiger partial charge in [0.1, 0.15) is 12.2 Å². The van der Waals surface area contributed by atoms with E-state index in [2.05, 4.69) is 15.2 Å². The molecule has 29 heavy (non-hydrogen) atoms. The van der Waals surface area contributed by atoms with Gasteiger partial charge in [-0.1, -0.05) is 6.07 Å². The van der Waals surface area contributed by atoms with Crippen LogP contribution in [0.3, 0.4) is 0 Å². The Morgan fingerprint density at radius 1 is 1.31 bits per heavy atom. The smallest absolute Gasteiger partial charge is 0.337 e. The Hall–Kier alpha value is -3.14. The highest BCUT2D eigenvalue weighted by atomic mass is 32.2. The van der Waals surface area contributed by atoms with Gasteiger partial charge in [0.15, 0.2) is 0 Å². The van der Waals surface area contributed by atoms with Crippen LogP contribution >= 0.6 is 11.8 Å². The maximum absolute atomic E-state index is 12.9. The molecule has 1 aliphatic heterocycles. The average Bonchev–Trinajstić information content (AvgIpc) is 3.55. The average molecular weight is 414 g/mol. The number of carbonyl (C=O) groups excluding carboxylic acids is 3. The van der Waals surface area contributed by atoms with Crippen LogP contribution in [0.1, 0.15) is 23.2 Å². The van der Waals surface area contributed by atoms with Crippen molar-refractivity contribution < 1.29 is 19.1 Å². The number of thioether (sulfide) groups is 1. The molecule has 0 bridgehead atoms. The first-order chi connectivity index (χ1) is 14.0. The van der Waals surface area contributed by atoms with Crippen LogP contribution in [-0.2, 0) is 20.9 Å². The van der Waals surface area contributed by atoms with Crippen LogP contribution in [0.4, 0.5) is 11.4 Å². The molecule has 1 aromatic carbocycles. The second-order valence-electron chi connectivity index (χ2n) is 6.72. The van der Waals surface area contributed by atoms with E-state index in [0.29, 0.717) is 21.8 Å². The van der Waals surface area contributed by atoms with Crippen molar-refractivity contribution in [3.8, 4) is 0 Å². The first-order valence-electron chi connectivity index (χ1n) is 9.01. The van der Waals surface area contributed by atoms with Gasteiger partial charge in [-0.2, -0.15) is 5.10 Å². The first kappa shape index (κ1) is 19.2. The van der Waals surface area contributed by atoms with Crippen LogP contribution < -0.4 is 15.8 Å². The normalized spacial score (nSPS) is 15.6. The van der Waals surface area contributed by atoms with Crippen LogP contribution in [0.2, 0.25) is 0 Å². The number of ether oxygens (including phenoxy) is 1. The van der Waals surface area contributed by atoms with E-state index in [1.54, 1.807) is 23.1 Å². The lowest BCUT2D eigenvalue weighted by Gasteiger charge is -2.28. The number of nitrogens with zero attached hydrogens (tertiary/aromatic N) is 3. The Balaban J connectivity index is 1.54. The topological polar surface area (TPSA) is 111 Å². The van der Waals surface area contributed by atoms with Crippen LogP contribution in [-0.4, -0.2) is 46.5 Å². The number of benzene rings is 1. The lowest BCUT2D eigenvalue weighted by molar-refractivity contribution is -0.117. The summed E-state index contributed by atoms with van der Waals surface area (Å²) in [5, 5.41) is 6.72. The third-order valence-electron chi connectivity index (χ3n) is 4.62. The number of methoxy groups -OCH3 is 1. The predicted octanol–water partition coefficient (Wildman–Crippen LogP) is 1.27. The number of nitrogens with one attached hydrogen (secondary N) is 1. The largest absolute Gasteiger partial charge is 0.465 e. The van der Waals surface area contributed by atoms with Gasteiger partial charge < -0.3 is 15.0 Å². The Labute approximate surface area is 170 Å². The van der Waals surface area contributed by atoms with Crippen LogP contribution in [0, 0.1) is 0 Å². The van der Waals surface area contributed by atoms with Crippen molar-refractivity contribution in [1.29, 1.82) is 0 Å². The zero-order chi connectivity index (χ0) is 20.5. The van der Waals surface area contributed by atoms with Gasteiger partial charge in [0.05, 0.1) is 29.5 Å². The fourth-order valence-electron chi connectivity index (χ4n) is 3.13. The highest BCUT2D eigenvalue weighted by Crippen LogP contribution is 2.38. The van der Waals surface area contributed by atoms with Crippen molar-refractivity contribution in [3.63, 3.8) is 0 Å². The van der Waals surface area contributed by atoms with Gasteiger partial charge in [-0.15, -0.1) is 11.8 Å². The van der Waals surface area contributed by atoms with Gasteiger partial charge in [0.25, 0.3) is 5.56 Å². The van der Waals surface area contributed by atoms with Crippen molar-refractivity contribution in [2.45, 2.75) is 30.3 Å². The number of rotatable bonds is 5. The fourth-order valence-corrected chi connectivity index (χ4v) is 4.00. The summed E-state index contributed by atoms with van der Waals surface area (Å²) in [6.45, 7) is -0.314. The number of carbonyl (C=O) groups is 3. The first-order valence-corrected chi connectivity index (χ1v) is 9.99. The molecule has 0 atom stereocenters. The van der Waals surface area contributed by atoms with Crippen molar-refractivity contribution in [3.05, 3.63) is 46.4 Å². The van der Waals surface area contributed by atoms with Gasteiger partial charge >= 0.3 is 5.97 Å². The number of hydrogen-bond acceptors (Lipinski definition) is 7. The zero-order valence-corrected chi connectivity index (χ0v) is 16.4. The Morgan fingerprint density at radius 3 is 2.83 bits per heavy atom. The molecule has 4 rings (SSSR count). The molecule has 1 saturated carbocycles. The fraction of sp³-hybridized carbons (Fsp3) is 0.316. The summed E-state index contributed by atoms with van der Waals surface area (Å²) in [6.07, 6.45) is 3.26. The third-order valence-corrected chi connectivity index (χ3v) is 5.62. The van der Waals surface area contributed by atoms with Gasteiger partial charge in [0, 0.05) is 11.7 Å². The molecule has 2 aromatic rings. The van der Waals surface area contributed by atoms with E-state index < -0.39 is 17.4 Å². The molecule has 0 unspecified atom stereocenters. The molecular weight excluding hydrogens is 396 g/mol. The molecule has 10 heteroatoms. The van der Waals surface area contributed by atoms with Gasteiger partial charge in [0.2, 0.25) is 11.8 Å². The van der Waals surface area contributed by atoms with Crippen molar-refractivity contribution in [2.75, 3.05) is 23.1 Å². The summed E-state index contributed by atoms with van der Waals surface area (Å²) >= 11 is 1.29. The third kappa shape index (κ3) is 3.88. The Morgan fingerprint density at radius 2 is 2.10 bits per heavy atom. The van der Waals surface area contributed by atoms with Crippen LogP contribution in [0.15, 0.2) is 40.2 Å². The summed E-state index contributed by atoms with van der Waals surface area (Å²) in [4.78, 5) is 51.5. The van der Waals surface area contributed by atoms with Crippen LogP contribution in [0.25, 0.3) is 0 Å². The molecule has 2 aliphatic rings. The second-order valence-corrected chi connectivity index (χ2v) is 7.74. The summed E-state index contributed by atoms with van der Waals surface area (Å²) in [7, 11) is 1.27. The highest BCUT2D eigenvalue weighted by Gasteiger charge is 2.39. The zero-order valence-electron chi connectivity index (χ0n) is 15.6. The number of anilines is 2. The molecule has 0 saturated heterocycles. The molecule has 150 valence electrons. The second kappa shape index (κ2) is 7.70. The molecule has 1 aromatic heterocycles. The van der Waals surface area contributed by atoms with E-state index in [4.69, 9.17) is 0 Å². The highest BCUT2D eigenvalue weighted by molar-refractivity contribution is 8.00. The van der Waals surface area contributed by atoms with E-state index in [-0.39, 0.29) is 24.2 Å². The quantitative estimate of drug-likeness (QED) is 0.734. The van der Waals surface area contributed by atoms with Gasteiger partial charge in [-0.05, 0) is 31.0 Å². The van der Waals surface area contributed by atoms with E-state index in [1.807, 2.05) is 0 Å². The van der Waals surface area contributed by atoms with Crippen LogP contribution in [0.5, 0.6) is 0 Å². The summed E-state index contributed by atoms with van der Waals surface area (Å²) in [6, 6.07) is 6.34. The number of aromatic nitrogens is 2. The monoisotopic (exact) mass is 414 g/mol. The Kier molecular flexibility index (Phi) is 5.10. The molecule has 0 radical (unpaired) electrons. The molecule has 2 amide bonds. The summed E-state index contributed by atoms with van der Waals surface area (Å²) < 4.78 is 5.71. The van der Waals surface area contributed by atoms with Gasteiger partial charge in [-0.25, -0.2) is 9.48 Å². The molecule has 1 fully saturated rings. The van der Waals surface area contributed by atoms with E-state index in [9.17, 15) is 19.2 Å². The minimum atomic E-state index is -0.518. The number of esters is 1. The lowest BCUT2D eigenvalue weighted by Crippen LogP contribution is -2.43. The summed E-state index contributed by atoms with van der Waals surface area (Å²) in [5.74, 6) is -0.805. The minimum Gasteiger partial charge on any atom is -0.465 e. The molecule has 0 spiro atoms. The van der Waals surface area contributed by atoms with Crippen molar-refractivity contribution in [2.24, 2.45) is 0 Å². The van der Waals surface area contributed by atoms with E-state index in [0.717, 1.165) is 17.5 Å². The van der Waals surface area contributed by atoms with Crippen molar-refractivity contribution >= 4 is 40.9 Å². The standard InChI is InChI=1S/C19H18N4O5S/c1-28-19(27)11-3-2-4-12(7-11)21-15(24)9-22-18(26)17-14(8-20-22)29-10-16(25)23(17)13-5-6-13/h2-4,7-8,13H,5-6,9-10H2,1H3,(H,21,24). The minimum absolute atomic E-state index is 0.0561. The molecular formula is C19H18N4O5S. The number of hydrogen-bond donors (Lipinski definition) is 1. The number of fused-ring (bicyclic) bond motifs is 1. The number of amides is 2. The van der Waals surface area contributed by atoms with Gasteiger partial charge in [-0.3, -0.25) is 14.4 Å². The van der Waals surface area contributed by atoms with Crippen molar-refractivity contribution in [1.82, 2.24) is 9.78 Å². The van der Waals surface area contributed by atoms with E-state index >= 15 is 0 Å². The summed E-state index contributed by atoms with van der Waals surface area (Å²) in [5.41, 5.74) is 0.539.